The van der Waals surface area contributed by atoms with Crippen molar-refractivity contribution in [1.82, 2.24) is 5.32 Å². The van der Waals surface area contributed by atoms with E-state index >= 15 is 0 Å². The third kappa shape index (κ3) is 3.41. The fourth-order valence-corrected chi connectivity index (χ4v) is 2.46. The van der Waals surface area contributed by atoms with Gasteiger partial charge in [0.25, 0.3) is 0 Å². The van der Waals surface area contributed by atoms with Crippen LogP contribution in [-0.2, 0) is 4.79 Å². The highest BCUT2D eigenvalue weighted by molar-refractivity contribution is 7.98. The van der Waals surface area contributed by atoms with Crippen LogP contribution < -0.4 is 5.32 Å². The first kappa shape index (κ1) is 13.4. The van der Waals surface area contributed by atoms with Gasteiger partial charge in [0.2, 0.25) is 5.91 Å². The molecule has 0 aliphatic heterocycles. The van der Waals surface area contributed by atoms with Crippen LogP contribution in [0.2, 0.25) is 0 Å². The van der Waals surface area contributed by atoms with Crippen LogP contribution >= 0.6 is 11.8 Å². The van der Waals surface area contributed by atoms with Crippen molar-refractivity contribution in [2.75, 3.05) is 18.6 Å². The third-order valence-corrected chi connectivity index (χ3v) is 3.81. The summed E-state index contributed by atoms with van der Waals surface area (Å²) in [6.45, 7) is 0.670. The van der Waals surface area contributed by atoms with Crippen molar-refractivity contribution in [3.63, 3.8) is 0 Å². The molecule has 0 aromatic heterocycles. The first-order valence-electron chi connectivity index (χ1n) is 5.94. The van der Waals surface area contributed by atoms with E-state index in [2.05, 4.69) is 11.4 Å². The lowest BCUT2D eigenvalue weighted by atomic mass is 9.81. The molecule has 4 heteroatoms. The number of hydrogen-bond acceptors (Lipinski definition) is 3. The van der Waals surface area contributed by atoms with E-state index in [-0.39, 0.29) is 5.91 Å². The lowest BCUT2D eigenvalue weighted by molar-refractivity contribution is -0.128. The zero-order chi connectivity index (χ0) is 11.9. The number of nitrogens with one attached hydrogen (secondary N) is 1. The zero-order valence-electron chi connectivity index (χ0n) is 9.92. The topological polar surface area (TPSA) is 52.9 Å². The highest BCUT2D eigenvalue weighted by Gasteiger charge is 2.38. The van der Waals surface area contributed by atoms with E-state index < -0.39 is 5.41 Å². The van der Waals surface area contributed by atoms with Gasteiger partial charge in [0, 0.05) is 12.3 Å². The Kier molecular flexibility index (Phi) is 5.68. The van der Waals surface area contributed by atoms with E-state index in [0.717, 1.165) is 44.3 Å². The maximum absolute atomic E-state index is 12.0. The number of carbonyl (C=O) groups excluding carboxylic acids is 1. The second-order valence-corrected chi connectivity index (χ2v) is 5.34. The Hall–Kier alpha value is -0.690. The molecule has 3 nitrogen and oxygen atoms in total. The molecule has 1 aliphatic rings. The van der Waals surface area contributed by atoms with Crippen LogP contribution in [0.25, 0.3) is 0 Å². The molecule has 0 aromatic carbocycles. The molecule has 16 heavy (non-hydrogen) atoms. The van der Waals surface area contributed by atoms with Gasteiger partial charge in [0.1, 0.15) is 5.41 Å². The van der Waals surface area contributed by atoms with Crippen LogP contribution in [0.3, 0.4) is 0 Å². The lowest BCUT2D eigenvalue weighted by Crippen LogP contribution is -2.40. The predicted molar refractivity (Wildman–Crippen MR) is 67.1 cm³/mol. The number of nitriles is 1. The Labute approximate surface area is 102 Å². The largest absolute Gasteiger partial charge is 0.354 e. The fraction of sp³-hybridized carbons (Fsp3) is 0.833. The Morgan fingerprint density at radius 1 is 1.38 bits per heavy atom. The average Bonchev–Trinajstić information content (AvgIpc) is 2.55. The second-order valence-electron chi connectivity index (χ2n) is 4.36. The number of amides is 1. The van der Waals surface area contributed by atoms with Crippen molar-refractivity contribution in [3.8, 4) is 6.07 Å². The molecule has 0 heterocycles. The van der Waals surface area contributed by atoms with Gasteiger partial charge >= 0.3 is 0 Å². The molecule has 0 saturated heterocycles. The standard InChI is InChI=1S/C12H20N2OS/c1-16-9-8-14-11(15)12(10-13)6-4-2-3-5-7-12/h2-9H2,1H3,(H,14,15). The molecule has 1 aliphatic carbocycles. The molecule has 0 atom stereocenters. The van der Waals surface area contributed by atoms with Gasteiger partial charge < -0.3 is 5.32 Å². The van der Waals surface area contributed by atoms with Crippen LogP contribution in [0.15, 0.2) is 0 Å². The van der Waals surface area contributed by atoms with Gasteiger partial charge in [0.15, 0.2) is 0 Å². The van der Waals surface area contributed by atoms with Crippen molar-refractivity contribution in [2.45, 2.75) is 38.5 Å². The third-order valence-electron chi connectivity index (χ3n) is 3.20. The SMILES string of the molecule is CSCCNC(=O)C1(C#N)CCCCCC1. The van der Waals surface area contributed by atoms with Gasteiger partial charge in [-0.3, -0.25) is 4.79 Å². The van der Waals surface area contributed by atoms with Gasteiger partial charge in [0.05, 0.1) is 6.07 Å². The van der Waals surface area contributed by atoms with Crippen LogP contribution in [0.1, 0.15) is 38.5 Å². The first-order chi connectivity index (χ1) is 7.75. The van der Waals surface area contributed by atoms with Gasteiger partial charge in [-0.1, -0.05) is 25.7 Å². The van der Waals surface area contributed by atoms with Crippen molar-refractivity contribution in [1.29, 1.82) is 5.26 Å². The van der Waals surface area contributed by atoms with Crippen LogP contribution in [-0.4, -0.2) is 24.5 Å². The molecule has 1 saturated carbocycles. The van der Waals surface area contributed by atoms with Crippen molar-refractivity contribution in [2.24, 2.45) is 5.41 Å². The Morgan fingerprint density at radius 2 is 2.00 bits per heavy atom. The first-order valence-corrected chi connectivity index (χ1v) is 7.33. The molecule has 0 radical (unpaired) electrons. The summed E-state index contributed by atoms with van der Waals surface area (Å²) in [5.74, 6) is 0.860. The Balaban J connectivity index is 2.56. The molecule has 90 valence electrons. The van der Waals surface area contributed by atoms with E-state index in [4.69, 9.17) is 0 Å². The van der Waals surface area contributed by atoms with Crippen LogP contribution in [0.5, 0.6) is 0 Å². The highest BCUT2D eigenvalue weighted by Crippen LogP contribution is 2.34. The maximum atomic E-state index is 12.0. The molecule has 0 spiro atoms. The summed E-state index contributed by atoms with van der Waals surface area (Å²) in [7, 11) is 0. The second kappa shape index (κ2) is 6.80. The van der Waals surface area contributed by atoms with Gasteiger partial charge in [-0.25, -0.2) is 0 Å². The lowest BCUT2D eigenvalue weighted by Gasteiger charge is -2.23. The molecular weight excluding hydrogens is 220 g/mol. The van der Waals surface area contributed by atoms with E-state index in [1.54, 1.807) is 11.8 Å². The van der Waals surface area contributed by atoms with E-state index in [9.17, 15) is 10.1 Å². The molecule has 0 unspecified atom stereocenters. The number of rotatable bonds is 4. The summed E-state index contributed by atoms with van der Waals surface area (Å²) < 4.78 is 0. The summed E-state index contributed by atoms with van der Waals surface area (Å²) >= 11 is 1.70. The number of hydrogen-bond donors (Lipinski definition) is 1. The number of carbonyl (C=O) groups is 1. The molecule has 1 N–H and O–H groups in total. The van der Waals surface area contributed by atoms with Gasteiger partial charge in [-0.15, -0.1) is 0 Å². The smallest absolute Gasteiger partial charge is 0.240 e. The normalized spacial score (nSPS) is 19.5. The zero-order valence-corrected chi connectivity index (χ0v) is 10.7. The quantitative estimate of drug-likeness (QED) is 0.606. The summed E-state index contributed by atoms with van der Waals surface area (Å²) in [5.41, 5.74) is -0.741. The summed E-state index contributed by atoms with van der Waals surface area (Å²) in [5, 5.41) is 12.2. The highest BCUT2D eigenvalue weighted by atomic mass is 32.2. The van der Waals surface area contributed by atoms with Crippen molar-refractivity contribution < 1.29 is 4.79 Å². The summed E-state index contributed by atoms with van der Waals surface area (Å²) in [6, 6.07) is 2.27. The fourth-order valence-electron chi connectivity index (χ4n) is 2.16. The number of thioether (sulfide) groups is 1. The van der Waals surface area contributed by atoms with Crippen molar-refractivity contribution >= 4 is 17.7 Å². The molecule has 1 fully saturated rings. The molecule has 1 amide bonds. The van der Waals surface area contributed by atoms with Gasteiger partial charge in [-0.2, -0.15) is 17.0 Å². The minimum atomic E-state index is -0.741. The monoisotopic (exact) mass is 240 g/mol. The molecule has 1 rings (SSSR count). The van der Waals surface area contributed by atoms with Crippen molar-refractivity contribution in [3.05, 3.63) is 0 Å². The Bertz CT molecular complexity index is 265. The minimum Gasteiger partial charge on any atom is -0.354 e. The van der Waals surface area contributed by atoms with E-state index in [1.807, 2.05) is 6.26 Å². The maximum Gasteiger partial charge on any atom is 0.240 e. The predicted octanol–water partition coefficient (Wildman–Crippen LogP) is 2.33. The van der Waals surface area contributed by atoms with E-state index in [0.29, 0.717) is 6.54 Å². The van der Waals surface area contributed by atoms with Crippen LogP contribution in [0.4, 0.5) is 0 Å². The minimum absolute atomic E-state index is 0.0500. The molecule has 0 bridgehead atoms. The average molecular weight is 240 g/mol. The molecule has 0 aromatic rings. The van der Waals surface area contributed by atoms with Crippen LogP contribution in [0, 0.1) is 16.7 Å². The summed E-state index contributed by atoms with van der Waals surface area (Å²) in [4.78, 5) is 12.0. The molecular formula is C12H20N2OS. The number of nitrogens with zero attached hydrogens (tertiary/aromatic N) is 1. The van der Waals surface area contributed by atoms with E-state index in [1.165, 1.54) is 0 Å². The summed E-state index contributed by atoms with van der Waals surface area (Å²) in [6.07, 6.45) is 7.79. The Morgan fingerprint density at radius 3 is 2.50 bits per heavy atom. The van der Waals surface area contributed by atoms with Gasteiger partial charge in [-0.05, 0) is 19.1 Å².